The van der Waals surface area contributed by atoms with E-state index in [1.165, 1.54) is 6.92 Å². The molecule has 10 nitrogen and oxygen atoms in total. The molecule has 0 saturated carbocycles. The SMILES string of the molecule is CC(=O)N/C=C/S(=O)C1=C(C(=O)O)N2C(=O)[C@@H]([C@H](C)S(=O)(=O)O)[C@H]2C1. The van der Waals surface area contributed by atoms with Crippen LogP contribution in [0.25, 0.3) is 0 Å². The van der Waals surface area contributed by atoms with Gasteiger partial charge >= 0.3 is 5.97 Å². The monoisotopic (exact) mass is 392 g/mol. The first-order valence-electron chi connectivity index (χ1n) is 7.07. The van der Waals surface area contributed by atoms with Gasteiger partial charge in [0.05, 0.1) is 32.9 Å². The van der Waals surface area contributed by atoms with Gasteiger partial charge in [-0.1, -0.05) is 0 Å². The average molecular weight is 392 g/mol. The average Bonchev–Trinajstić information content (AvgIpc) is 2.81. The Bertz CT molecular complexity index is 829. The highest BCUT2D eigenvalue weighted by Crippen LogP contribution is 2.45. The van der Waals surface area contributed by atoms with Crippen LogP contribution in [0.1, 0.15) is 20.3 Å². The molecule has 0 aromatic rings. The maximum Gasteiger partial charge on any atom is 0.353 e. The molecule has 2 rings (SSSR count). The molecule has 2 amide bonds. The second-order valence-electron chi connectivity index (χ2n) is 5.60. The van der Waals surface area contributed by atoms with Gasteiger partial charge in [0.1, 0.15) is 5.70 Å². The lowest BCUT2D eigenvalue weighted by Gasteiger charge is -2.44. The Balaban J connectivity index is 2.30. The zero-order valence-electron chi connectivity index (χ0n) is 13.2. The molecule has 25 heavy (non-hydrogen) atoms. The van der Waals surface area contributed by atoms with Gasteiger partial charge in [0.15, 0.2) is 0 Å². The summed E-state index contributed by atoms with van der Waals surface area (Å²) in [7, 11) is -6.41. The van der Waals surface area contributed by atoms with Crippen molar-refractivity contribution in [1.29, 1.82) is 0 Å². The molecular formula is C13H16N2O8S2. The molecule has 3 N–H and O–H groups in total. The lowest BCUT2D eigenvalue weighted by atomic mass is 9.85. The van der Waals surface area contributed by atoms with Gasteiger partial charge in [0.25, 0.3) is 10.1 Å². The van der Waals surface area contributed by atoms with Gasteiger partial charge in [-0.05, 0) is 6.92 Å². The van der Waals surface area contributed by atoms with E-state index in [9.17, 15) is 32.1 Å². The summed E-state index contributed by atoms with van der Waals surface area (Å²) in [5.41, 5.74) is -0.459. The van der Waals surface area contributed by atoms with Crippen molar-refractivity contribution < 1.29 is 36.7 Å². The summed E-state index contributed by atoms with van der Waals surface area (Å²) in [5.74, 6) is -3.75. The van der Waals surface area contributed by atoms with E-state index in [1.54, 1.807) is 0 Å². The van der Waals surface area contributed by atoms with E-state index in [4.69, 9.17) is 4.55 Å². The van der Waals surface area contributed by atoms with Crippen LogP contribution in [0.2, 0.25) is 0 Å². The van der Waals surface area contributed by atoms with Crippen LogP contribution in [0, 0.1) is 5.92 Å². The summed E-state index contributed by atoms with van der Waals surface area (Å²) in [6.07, 6.45) is 0.996. The van der Waals surface area contributed by atoms with Crippen molar-refractivity contribution in [3.8, 4) is 0 Å². The molecule has 0 radical (unpaired) electrons. The van der Waals surface area contributed by atoms with E-state index in [0.717, 1.165) is 23.4 Å². The molecule has 1 fully saturated rings. The number of fused-ring (bicyclic) bond motifs is 1. The summed E-state index contributed by atoms with van der Waals surface area (Å²) in [4.78, 5) is 35.3. The highest BCUT2D eigenvalue weighted by molar-refractivity contribution is 7.91. The van der Waals surface area contributed by atoms with Crippen molar-refractivity contribution in [2.24, 2.45) is 5.92 Å². The molecule has 2 aliphatic rings. The van der Waals surface area contributed by atoms with E-state index in [0.29, 0.717) is 0 Å². The highest BCUT2D eigenvalue weighted by atomic mass is 32.2. The summed E-state index contributed by atoms with van der Waals surface area (Å²) >= 11 is 0. The summed E-state index contributed by atoms with van der Waals surface area (Å²) in [5, 5.41) is 11.2. The zero-order valence-corrected chi connectivity index (χ0v) is 14.8. The van der Waals surface area contributed by atoms with Crippen molar-refractivity contribution in [2.75, 3.05) is 0 Å². The van der Waals surface area contributed by atoms with E-state index in [-0.39, 0.29) is 11.3 Å². The molecule has 1 unspecified atom stereocenters. The third-order valence-electron chi connectivity index (χ3n) is 4.07. The van der Waals surface area contributed by atoms with Gasteiger partial charge < -0.3 is 15.3 Å². The van der Waals surface area contributed by atoms with Crippen LogP contribution in [-0.4, -0.2) is 56.3 Å². The minimum absolute atomic E-state index is 0.0579. The summed E-state index contributed by atoms with van der Waals surface area (Å²) in [6.45, 7) is 2.39. The Morgan fingerprint density at radius 3 is 2.52 bits per heavy atom. The van der Waals surface area contributed by atoms with Crippen LogP contribution < -0.4 is 5.32 Å². The van der Waals surface area contributed by atoms with Gasteiger partial charge in [-0.25, -0.2) is 9.00 Å². The van der Waals surface area contributed by atoms with Gasteiger partial charge in [-0.15, -0.1) is 0 Å². The van der Waals surface area contributed by atoms with E-state index >= 15 is 0 Å². The van der Waals surface area contributed by atoms with Crippen molar-refractivity contribution in [3.05, 3.63) is 22.2 Å². The zero-order chi connectivity index (χ0) is 19.1. The number of carboxylic acids is 1. The number of carboxylic acid groups (broad SMARTS) is 1. The minimum Gasteiger partial charge on any atom is -0.477 e. The molecule has 0 aliphatic carbocycles. The molecule has 1 saturated heterocycles. The lowest BCUT2D eigenvalue weighted by Crippen LogP contribution is -2.62. The molecule has 0 bridgehead atoms. The quantitative estimate of drug-likeness (QED) is 0.389. The molecule has 12 heteroatoms. The number of nitrogens with zero attached hydrogens (tertiary/aromatic N) is 1. The summed E-state index contributed by atoms with van der Waals surface area (Å²) in [6, 6.07) is -0.802. The van der Waals surface area contributed by atoms with Crippen molar-refractivity contribution in [1.82, 2.24) is 10.2 Å². The lowest BCUT2D eigenvalue weighted by molar-refractivity contribution is -0.154. The number of amides is 2. The number of carbonyl (C=O) groups excluding carboxylic acids is 2. The molecule has 2 aliphatic heterocycles. The van der Waals surface area contributed by atoms with E-state index < -0.39 is 61.6 Å². The molecule has 4 atom stereocenters. The first kappa shape index (κ1) is 19.3. The second kappa shape index (κ2) is 6.69. The van der Waals surface area contributed by atoms with Crippen LogP contribution >= 0.6 is 0 Å². The Morgan fingerprint density at radius 1 is 1.44 bits per heavy atom. The number of hydrogen-bond donors (Lipinski definition) is 3. The number of aliphatic carboxylic acids is 1. The standard InChI is InChI=1S/C13H16N2O8S2/c1-6(25(21,22)23)10-8-5-9(24(20)4-3-14-7(2)16)11(13(18)19)15(8)12(10)17/h3-4,6,8,10H,5H2,1-2H3,(H,14,16)(H,18,19)(H,21,22,23)/b4-3+/t6-,8+,10-,24?/m0/s1. The smallest absolute Gasteiger partial charge is 0.353 e. The van der Waals surface area contributed by atoms with Crippen LogP contribution in [0.4, 0.5) is 0 Å². The van der Waals surface area contributed by atoms with Crippen LogP contribution in [0.5, 0.6) is 0 Å². The van der Waals surface area contributed by atoms with Crippen molar-refractivity contribution in [2.45, 2.75) is 31.6 Å². The number of β-lactam (4-membered cyclic amide) rings is 1. The fraction of sp³-hybridized carbons (Fsp3) is 0.462. The first-order valence-corrected chi connectivity index (χ1v) is 9.78. The summed E-state index contributed by atoms with van der Waals surface area (Å²) < 4.78 is 44.0. The van der Waals surface area contributed by atoms with Crippen LogP contribution in [0.3, 0.4) is 0 Å². The fourth-order valence-corrected chi connectivity index (χ4v) is 4.61. The molecule has 138 valence electrons. The highest BCUT2D eigenvalue weighted by Gasteiger charge is 2.59. The fourth-order valence-electron chi connectivity index (χ4n) is 2.88. The Labute approximate surface area is 145 Å². The number of hydrogen-bond acceptors (Lipinski definition) is 6. The number of carbonyl (C=O) groups is 3. The molecule has 0 aromatic heterocycles. The van der Waals surface area contributed by atoms with Gasteiger partial charge in [-0.2, -0.15) is 8.42 Å². The number of nitrogens with one attached hydrogen (secondary N) is 1. The van der Waals surface area contributed by atoms with Crippen molar-refractivity contribution in [3.63, 3.8) is 0 Å². The topological polar surface area (TPSA) is 158 Å². The predicted octanol–water partition coefficient (Wildman–Crippen LogP) is -0.854. The Kier molecular flexibility index (Phi) is 5.16. The Morgan fingerprint density at radius 2 is 2.04 bits per heavy atom. The van der Waals surface area contributed by atoms with Crippen LogP contribution in [0.15, 0.2) is 22.2 Å². The Hall–Kier alpha value is -2.05. The van der Waals surface area contributed by atoms with Crippen molar-refractivity contribution >= 4 is 38.7 Å². The van der Waals surface area contributed by atoms with Gasteiger partial charge in [-0.3, -0.25) is 14.1 Å². The molecule has 0 aromatic carbocycles. The molecular weight excluding hydrogens is 376 g/mol. The van der Waals surface area contributed by atoms with E-state index in [1.807, 2.05) is 0 Å². The molecule has 0 spiro atoms. The predicted molar refractivity (Wildman–Crippen MR) is 85.5 cm³/mol. The minimum atomic E-state index is -4.48. The third kappa shape index (κ3) is 3.50. The largest absolute Gasteiger partial charge is 0.477 e. The number of rotatable bonds is 6. The third-order valence-corrected chi connectivity index (χ3v) is 6.53. The van der Waals surface area contributed by atoms with E-state index in [2.05, 4.69) is 5.32 Å². The second-order valence-corrected chi connectivity index (χ2v) is 8.74. The normalized spacial score (nSPS) is 25.6. The maximum atomic E-state index is 12.3. The molecule has 2 heterocycles. The van der Waals surface area contributed by atoms with Crippen LogP contribution in [-0.2, 0) is 35.3 Å². The maximum absolute atomic E-state index is 12.3. The van der Waals surface area contributed by atoms with Gasteiger partial charge in [0.2, 0.25) is 11.8 Å². The first-order chi connectivity index (χ1) is 11.5. The van der Waals surface area contributed by atoms with Gasteiger partial charge in [0, 0.05) is 25.0 Å².